The quantitative estimate of drug-likeness (QED) is 0.469. The Morgan fingerprint density at radius 1 is 0.800 bits per heavy atom. The van der Waals surface area contributed by atoms with Crippen LogP contribution in [0.2, 0.25) is 0 Å². The summed E-state index contributed by atoms with van der Waals surface area (Å²) in [6.07, 6.45) is 0. The molecular weight excluding hydrogens is 312 g/mol. The molecule has 0 aliphatic carbocycles. The molecule has 0 radical (unpaired) electrons. The average Bonchev–Trinajstić information content (AvgIpc) is 2.71. The topological polar surface area (TPSA) is 35.5 Å². The van der Waals surface area contributed by atoms with Gasteiger partial charge in [-0.25, -0.2) is 0 Å². The zero-order valence-electron chi connectivity index (χ0n) is 14.1. The highest BCUT2D eigenvalue weighted by molar-refractivity contribution is 6.02. The zero-order valence-corrected chi connectivity index (χ0v) is 14.1. The molecule has 3 nitrogen and oxygen atoms in total. The molecule has 0 amide bonds. The van der Waals surface area contributed by atoms with Gasteiger partial charge >= 0.3 is 0 Å². The molecule has 0 fully saturated rings. The summed E-state index contributed by atoms with van der Waals surface area (Å²) in [7, 11) is 1.50. The smallest absolute Gasteiger partial charge is 0.261 e. The van der Waals surface area contributed by atoms with E-state index in [1.165, 1.54) is 7.11 Å². The van der Waals surface area contributed by atoms with E-state index in [4.69, 9.17) is 9.47 Å². The molecule has 0 saturated carbocycles. The Hall–Kier alpha value is -2.75. The number of benzene rings is 3. The number of rotatable bonds is 7. The molecule has 0 aliphatic rings. The van der Waals surface area contributed by atoms with Crippen molar-refractivity contribution in [3.8, 4) is 0 Å². The molecule has 3 aromatic carbocycles. The third-order valence-corrected chi connectivity index (χ3v) is 4.06. The summed E-state index contributed by atoms with van der Waals surface area (Å²) in [6, 6.07) is 28.1. The van der Waals surface area contributed by atoms with E-state index in [1.54, 1.807) is 12.1 Å². The summed E-state index contributed by atoms with van der Waals surface area (Å²) in [5.41, 5.74) is 2.18. The fourth-order valence-corrected chi connectivity index (χ4v) is 2.75. The van der Waals surface area contributed by atoms with E-state index in [0.717, 1.165) is 5.56 Å². The van der Waals surface area contributed by atoms with E-state index in [-0.39, 0.29) is 12.4 Å². The molecule has 0 bridgehead atoms. The lowest BCUT2D eigenvalue weighted by atomic mass is 9.95. The Kier molecular flexibility index (Phi) is 5.39. The first-order chi connectivity index (χ1) is 12.3. The molecule has 1 atom stereocenters. The van der Waals surface area contributed by atoms with Gasteiger partial charge in [0.25, 0.3) is 5.79 Å². The van der Waals surface area contributed by atoms with Crippen LogP contribution in [-0.2, 0) is 21.9 Å². The summed E-state index contributed by atoms with van der Waals surface area (Å²) in [5.74, 6) is -1.71. The van der Waals surface area contributed by atoms with Crippen molar-refractivity contribution in [1.29, 1.82) is 0 Å². The third-order valence-electron chi connectivity index (χ3n) is 4.06. The Bertz CT molecular complexity index is 800. The summed E-state index contributed by atoms with van der Waals surface area (Å²) in [4.78, 5) is 13.3. The van der Waals surface area contributed by atoms with Crippen molar-refractivity contribution in [2.45, 2.75) is 12.4 Å². The van der Waals surface area contributed by atoms with Crippen LogP contribution in [0, 0.1) is 0 Å². The highest BCUT2D eigenvalue weighted by Crippen LogP contribution is 2.32. The monoisotopic (exact) mass is 332 g/mol. The molecule has 0 aliphatic heterocycles. The third kappa shape index (κ3) is 3.68. The first-order valence-electron chi connectivity index (χ1n) is 8.14. The van der Waals surface area contributed by atoms with Crippen LogP contribution in [0.25, 0.3) is 0 Å². The number of hydrogen-bond donors (Lipinski definition) is 0. The van der Waals surface area contributed by atoms with Crippen molar-refractivity contribution >= 4 is 5.78 Å². The largest absolute Gasteiger partial charge is 0.343 e. The van der Waals surface area contributed by atoms with Gasteiger partial charge in [0.2, 0.25) is 5.78 Å². The molecule has 126 valence electrons. The van der Waals surface area contributed by atoms with Gasteiger partial charge in [0.1, 0.15) is 0 Å². The highest BCUT2D eigenvalue weighted by Gasteiger charge is 2.42. The number of carbonyl (C=O) groups is 1. The molecule has 25 heavy (non-hydrogen) atoms. The molecular formula is C22H20O3. The Labute approximate surface area is 147 Å². The molecule has 0 aromatic heterocycles. The molecule has 0 saturated heterocycles. The van der Waals surface area contributed by atoms with Crippen LogP contribution in [0.5, 0.6) is 0 Å². The fourth-order valence-electron chi connectivity index (χ4n) is 2.75. The first kappa shape index (κ1) is 17.1. The van der Waals surface area contributed by atoms with E-state index in [0.29, 0.717) is 11.1 Å². The average molecular weight is 332 g/mol. The normalized spacial score (nSPS) is 13.2. The summed E-state index contributed by atoms with van der Waals surface area (Å²) < 4.78 is 11.8. The van der Waals surface area contributed by atoms with Crippen LogP contribution < -0.4 is 0 Å². The van der Waals surface area contributed by atoms with Crippen molar-refractivity contribution in [2.24, 2.45) is 0 Å². The predicted octanol–water partition coefficient (Wildman–Crippen LogP) is 4.59. The predicted molar refractivity (Wildman–Crippen MR) is 97.1 cm³/mol. The Morgan fingerprint density at radius 2 is 1.32 bits per heavy atom. The number of methoxy groups -OCH3 is 1. The van der Waals surface area contributed by atoms with Crippen molar-refractivity contribution < 1.29 is 14.3 Å². The minimum absolute atomic E-state index is 0.224. The number of ether oxygens (including phenoxy) is 2. The van der Waals surface area contributed by atoms with Gasteiger partial charge in [-0.05, 0) is 5.56 Å². The van der Waals surface area contributed by atoms with Crippen LogP contribution in [0.15, 0.2) is 91.0 Å². The highest BCUT2D eigenvalue weighted by atomic mass is 16.7. The molecule has 3 rings (SSSR count). The number of Topliss-reactive ketones (excluding diaryl/α,β-unsaturated/α-hetero) is 1. The maximum atomic E-state index is 13.3. The lowest BCUT2D eigenvalue weighted by Crippen LogP contribution is -2.40. The summed E-state index contributed by atoms with van der Waals surface area (Å²) in [5, 5.41) is 0. The van der Waals surface area contributed by atoms with Crippen molar-refractivity contribution in [2.75, 3.05) is 7.11 Å². The second-order valence-corrected chi connectivity index (χ2v) is 5.66. The summed E-state index contributed by atoms with van der Waals surface area (Å²) >= 11 is 0. The van der Waals surface area contributed by atoms with Gasteiger partial charge in [0.05, 0.1) is 6.61 Å². The lowest BCUT2D eigenvalue weighted by molar-refractivity contribution is -0.201. The van der Waals surface area contributed by atoms with E-state index in [9.17, 15) is 4.79 Å². The van der Waals surface area contributed by atoms with Crippen LogP contribution in [0.3, 0.4) is 0 Å². The van der Waals surface area contributed by atoms with Crippen molar-refractivity contribution in [3.63, 3.8) is 0 Å². The second kappa shape index (κ2) is 7.88. The van der Waals surface area contributed by atoms with Gasteiger partial charge in [-0.1, -0.05) is 91.0 Å². The second-order valence-electron chi connectivity index (χ2n) is 5.66. The molecule has 0 spiro atoms. The van der Waals surface area contributed by atoms with E-state index in [1.807, 2.05) is 78.9 Å². The van der Waals surface area contributed by atoms with Gasteiger partial charge in [-0.2, -0.15) is 0 Å². The summed E-state index contributed by atoms with van der Waals surface area (Å²) in [6.45, 7) is 0.266. The van der Waals surface area contributed by atoms with E-state index >= 15 is 0 Å². The van der Waals surface area contributed by atoms with Crippen LogP contribution >= 0.6 is 0 Å². The van der Waals surface area contributed by atoms with Crippen LogP contribution in [-0.4, -0.2) is 12.9 Å². The number of ketones is 1. The van der Waals surface area contributed by atoms with Gasteiger partial charge in [-0.3, -0.25) is 4.79 Å². The minimum Gasteiger partial charge on any atom is -0.343 e. The maximum Gasteiger partial charge on any atom is 0.261 e. The first-order valence-corrected chi connectivity index (χ1v) is 8.14. The number of carbonyl (C=O) groups excluding carboxylic acids is 1. The lowest BCUT2D eigenvalue weighted by Gasteiger charge is -2.31. The molecule has 0 heterocycles. The molecule has 1 unspecified atom stereocenters. The van der Waals surface area contributed by atoms with Crippen LogP contribution in [0.1, 0.15) is 21.5 Å². The van der Waals surface area contributed by atoms with Gasteiger partial charge in [-0.15, -0.1) is 0 Å². The number of hydrogen-bond acceptors (Lipinski definition) is 3. The standard InChI is InChI=1S/C22H20O3/c1-24-22(20-15-9-4-10-16-20,21(23)19-13-7-3-8-14-19)25-17-18-11-5-2-6-12-18/h2-16H,17H2,1H3. The molecule has 0 N–H and O–H groups in total. The zero-order chi connectivity index (χ0) is 17.5. The molecule has 3 heteroatoms. The fraction of sp³-hybridized carbons (Fsp3) is 0.136. The minimum atomic E-state index is -1.49. The molecule has 3 aromatic rings. The van der Waals surface area contributed by atoms with Gasteiger partial charge < -0.3 is 9.47 Å². The van der Waals surface area contributed by atoms with Crippen molar-refractivity contribution in [3.05, 3.63) is 108 Å². The van der Waals surface area contributed by atoms with Crippen LogP contribution in [0.4, 0.5) is 0 Å². The van der Waals surface area contributed by atoms with Gasteiger partial charge in [0.15, 0.2) is 0 Å². The van der Waals surface area contributed by atoms with E-state index < -0.39 is 5.79 Å². The maximum absolute atomic E-state index is 13.3. The Morgan fingerprint density at radius 3 is 1.88 bits per heavy atom. The van der Waals surface area contributed by atoms with Crippen molar-refractivity contribution in [1.82, 2.24) is 0 Å². The SMILES string of the molecule is COC(OCc1ccccc1)(C(=O)c1ccccc1)c1ccccc1. The van der Waals surface area contributed by atoms with Gasteiger partial charge in [0, 0.05) is 18.2 Å². The van der Waals surface area contributed by atoms with E-state index in [2.05, 4.69) is 0 Å². The Balaban J connectivity index is 1.99.